The summed E-state index contributed by atoms with van der Waals surface area (Å²) in [5.74, 6) is 0.395. The van der Waals surface area contributed by atoms with Crippen LogP contribution in [-0.4, -0.2) is 55.8 Å². The molecule has 22 heavy (non-hydrogen) atoms. The van der Waals surface area contributed by atoms with Crippen LogP contribution in [0.3, 0.4) is 0 Å². The number of nitrogens with two attached hydrogens (primary N) is 1. The summed E-state index contributed by atoms with van der Waals surface area (Å²) in [4.78, 5) is 8.28. The van der Waals surface area contributed by atoms with Gasteiger partial charge in [-0.2, -0.15) is 0 Å². The second-order valence-corrected chi connectivity index (χ2v) is 5.81. The summed E-state index contributed by atoms with van der Waals surface area (Å²) in [6, 6.07) is 0. The summed E-state index contributed by atoms with van der Waals surface area (Å²) in [5.41, 5.74) is 6.15. The molecular weight excluding hydrogens is 288 g/mol. The number of rotatable bonds is 3. The predicted octanol–water partition coefficient (Wildman–Crippen LogP) is -0.406. The van der Waals surface area contributed by atoms with Crippen LogP contribution in [0.25, 0.3) is 11.0 Å². The fraction of sp³-hybridized carbons (Fsp3) is 0.571. The van der Waals surface area contributed by atoms with Gasteiger partial charge in [0.15, 0.2) is 11.8 Å². The van der Waals surface area contributed by atoms with Gasteiger partial charge in [-0.3, -0.25) is 0 Å². The van der Waals surface area contributed by atoms with Crippen molar-refractivity contribution in [2.24, 2.45) is 0 Å². The van der Waals surface area contributed by atoms with Crippen molar-refractivity contribution in [3.05, 3.63) is 18.1 Å². The molecule has 2 aromatic rings. The van der Waals surface area contributed by atoms with Gasteiger partial charge in [0, 0.05) is 13.3 Å². The van der Waals surface area contributed by atoms with E-state index in [2.05, 4.69) is 9.97 Å². The molecule has 118 valence electrons. The summed E-state index contributed by atoms with van der Waals surface area (Å²) >= 11 is 0. The summed E-state index contributed by atoms with van der Waals surface area (Å²) in [7, 11) is 1.49. The van der Waals surface area contributed by atoms with Crippen LogP contribution < -0.4 is 5.73 Å². The number of aryl methyl sites for hydroxylation is 1. The Labute approximate surface area is 126 Å². The van der Waals surface area contributed by atoms with Crippen molar-refractivity contribution in [1.29, 1.82) is 0 Å². The van der Waals surface area contributed by atoms with Gasteiger partial charge in [0.2, 0.25) is 0 Å². The third-order valence-electron chi connectivity index (χ3n) is 4.73. The van der Waals surface area contributed by atoms with E-state index in [0.717, 1.165) is 17.4 Å². The van der Waals surface area contributed by atoms with E-state index in [0.29, 0.717) is 11.5 Å². The molecule has 1 saturated heterocycles. The second-order valence-electron chi connectivity index (χ2n) is 5.81. The molecule has 1 aliphatic heterocycles. The molecular formula is C14H18N4O4. The van der Waals surface area contributed by atoms with Crippen LogP contribution in [0.15, 0.2) is 12.5 Å². The Hall–Kier alpha value is -1.74. The number of nitrogen functional groups attached to an aromatic ring is 1. The average molecular weight is 306 g/mol. The van der Waals surface area contributed by atoms with Gasteiger partial charge >= 0.3 is 0 Å². The lowest BCUT2D eigenvalue weighted by molar-refractivity contribution is -0.101. The molecule has 8 nitrogen and oxygen atoms in total. The van der Waals surface area contributed by atoms with Crippen molar-refractivity contribution in [3.63, 3.8) is 0 Å². The molecule has 2 aliphatic rings. The van der Waals surface area contributed by atoms with E-state index < -0.39 is 30.1 Å². The van der Waals surface area contributed by atoms with E-state index in [-0.39, 0.29) is 0 Å². The molecule has 0 amide bonds. The van der Waals surface area contributed by atoms with Gasteiger partial charge in [-0.25, -0.2) is 9.97 Å². The smallest absolute Gasteiger partial charge is 0.164 e. The Morgan fingerprint density at radius 2 is 2.27 bits per heavy atom. The highest BCUT2D eigenvalue weighted by Crippen LogP contribution is 2.55. The number of nitrogens with zero attached hydrogens (tertiary/aromatic N) is 3. The Balaban J connectivity index is 1.79. The number of anilines is 1. The van der Waals surface area contributed by atoms with Crippen molar-refractivity contribution < 1.29 is 19.7 Å². The van der Waals surface area contributed by atoms with Gasteiger partial charge in [-0.1, -0.05) is 6.92 Å². The zero-order valence-electron chi connectivity index (χ0n) is 12.3. The van der Waals surface area contributed by atoms with Crippen LogP contribution in [-0.2, 0) is 15.9 Å². The van der Waals surface area contributed by atoms with Crippen LogP contribution in [0.1, 0.15) is 18.7 Å². The fourth-order valence-electron chi connectivity index (χ4n) is 3.48. The molecule has 4 rings (SSSR count). The minimum atomic E-state index is -1.36. The third-order valence-corrected chi connectivity index (χ3v) is 4.73. The van der Waals surface area contributed by atoms with E-state index in [4.69, 9.17) is 15.2 Å². The van der Waals surface area contributed by atoms with Crippen molar-refractivity contribution in [1.82, 2.24) is 14.5 Å². The van der Waals surface area contributed by atoms with Crippen molar-refractivity contribution in [2.45, 2.75) is 43.5 Å². The van der Waals surface area contributed by atoms with Crippen LogP contribution in [0.2, 0.25) is 0 Å². The van der Waals surface area contributed by atoms with Crippen LogP contribution in [0.4, 0.5) is 5.82 Å². The molecule has 5 atom stereocenters. The van der Waals surface area contributed by atoms with Crippen LogP contribution >= 0.6 is 0 Å². The molecule has 0 spiro atoms. The first-order valence-corrected chi connectivity index (χ1v) is 7.22. The maximum atomic E-state index is 10.5. The van der Waals surface area contributed by atoms with E-state index in [1.54, 1.807) is 4.57 Å². The highest BCUT2D eigenvalue weighted by atomic mass is 16.6. The van der Waals surface area contributed by atoms with Crippen LogP contribution in [0.5, 0.6) is 0 Å². The van der Waals surface area contributed by atoms with E-state index in [1.807, 2.05) is 13.1 Å². The van der Waals surface area contributed by atoms with Gasteiger partial charge in [0.05, 0.1) is 5.39 Å². The number of aliphatic hydroxyl groups excluding tert-OH is 1. The molecule has 4 N–H and O–H groups in total. The minimum Gasteiger partial charge on any atom is -0.385 e. The molecule has 5 unspecified atom stereocenters. The first-order valence-electron chi connectivity index (χ1n) is 7.22. The van der Waals surface area contributed by atoms with Gasteiger partial charge in [0.1, 0.15) is 36.1 Å². The quantitative estimate of drug-likeness (QED) is 0.706. The van der Waals surface area contributed by atoms with Crippen molar-refractivity contribution in [3.8, 4) is 0 Å². The molecule has 1 saturated carbocycles. The third kappa shape index (κ3) is 1.50. The maximum Gasteiger partial charge on any atom is 0.164 e. The monoisotopic (exact) mass is 306 g/mol. The van der Waals surface area contributed by atoms with Gasteiger partial charge in [0.25, 0.3) is 0 Å². The number of fused-ring (bicyclic) bond motifs is 2. The average Bonchev–Trinajstić information content (AvgIpc) is 2.78. The highest BCUT2D eigenvalue weighted by molar-refractivity contribution is 5.89. The molecule has 0 bridgehead atoms. The molecule has 8 heteroatoms. The van der Waals surface area contributed by atoms with Gasteiger partial charge in [-0.05, 0) is 12.0 Å². The Morgan fingerprint density at radius 3 is 2.86 bits per heavy atom. The lowest BCUT2D eigenvalue weighted by Gasteiger charge is -2.23. The number of hydrogen-bond acceptors (Lipinski definition) is 7. The molecule has 1 aliphatic carbocycles. The molecule has 2 fully saturated rings. The Morgan fingerprint density at radius 1 is 1.50 bits per heavy atom. The number of hydrogen-bond donors (Lipinski definition) is 3. The Bertz CT molecular complexity index is 748. The van der Waals surface area contributed by atoms with Crippen molar-refractivity contribution >= 4 is 16.9 Å². The first kappa shape index (κ1) is 13.9. The zero-order valence-corrected chi connectivity index (χ0v) is 12.3. The number of aromatic nitrogens is 3. The molecule has 3 heterocycles. The zero-order chi connectivity index (χ0) is 15.6. The topological polar surface area (TPSA) is 116 Å². The summed E-state index contributed by atoms with van der Waals surface area (Å²) in [6.45, 7) is 2.00. The summed E-state index contributed by atoms with van der Waals surface area (Å²) in [6.07, 6.45) is 1.13. The SMILES string of the molecule is CCc1cn(C2OC3C(OC)C3(O)C2O)c2ncnc(N)c12. The lowest BCUT2D eigenvalue weighted by atomic mass is 10.1. The van der Waals surface area contributed by atoms with E-state index in [1.165, 1.54) is 13.4 Å². The normalized spacial score (nSPS) is 36.7. The van der Waals surface area contributed by atoms with Gasteiger partial charge < -0.3 is 30.0 Å². The maximum absolute atomic E-state index is 10.5. The van der Waals surface area contributed by atoms with E-state index in [9.17, 15) is 10.2 Å². The largest absolute Gasteiger partial charge is 0.385 e. The molecule has 0 radical (unpaired) electrons. The van der Waals surface area contributed by atoms with Crippen LogP contribution in [0, 0.1) is 0 Å². The number of aliphatic hydroxyl groups is 2. The lowest BCUT2D eigenvalue weighted by Crippen LogP contribution is -2.37. The van der Waals surface area contributed by atoms with E-state index >= 15 is 0 Å². The second kappa shape index (κ2) is 4.39. The summed E-state index contributed by atoms with van der Waals surface area (Å²) < 4.78 is 12.6. The number of methoxy groups -OCH3 is 1. The van der Waals surface area contributed by atoms with Gasteiger partial charge in [-0.15, -0.1) is 0 Å². The molecule has 2 aromatic heterocycles. The minimum absolute atomic E-state index is 0.395. The number of ether oxygens (including phenoxy) is 2. The Kier molecular flexibility index (Phi) is 2.77. The fourth-order valence-corrected chi connectivity index (χ4v) is 3.48. The summed E-state index contributed by atoms with van der Waals surface area (Å²) in [5, 5.41) is 21.7. The molecule has 0 aromatic carbocycles. The predicted molar refractivity (Wildman–Crippen MR) is 77.0 cm³/mol. The first-order chi connectivity index (χ1) is 10.5. The van der Waals surface area contributed by atoms with Crippen molar-refractivity contribution in [2.75, 3.05) is 12.8 Å². The highest BCUT2D eigenvalue weighted by Gasteiger charge is 2.77. The standard InChI is InChI=1S/C14H18N4O4/c1-3-6-4-18(12-7(6)11(15)16-5-17-12)13-8(19)14(20)9(21-2)10(14)22-13/h4-5,8-10,13,19-20H,3H2,1-2H3,(H2,15,16,17).